The maximum absolute atomic E-state index is 10.6. The maximum Gasteiger partial charge on any atom is 0.356 e. The first-order valence-corrected chi connectivity index (χ1v) is 5.22. The van der Waals surface area contributed by atoms with E-state index in [1.54, 1.807) is 6.07 Å². The minimum Gasteiger partial charge on any atom is -0.476 e. The van der Waals surface area contributed by atoms with Crippen LogP contribution in [0.2, 0.25) is 0 Å². The molecule has 1 unspecified atom stereocenters. The van der Waals surface area contributed by atoms with Crippen molar-refractivity contribution in [2.24, 2.45) is 11.7 Å². The number of nitrogens with two attached hydrogens (primary N) is 1. The van der Waals surface area contributed by atoms with Gasteiger partial charge < -0.3 is 15.7 Å². The molecule has 16 heavy (non-hydrogen) atoms. The van der Waals surface area contributed by atoms with Crippen LogP contribution in [0.4, 0.5) is 5.82 Å². The van der Waals surface area contributed by atoms with Crippen molar-refractivity contribution in [2.75, 3.05) is 24.5 Å². The highest BCUT2D eigenvalue weighted by Crippen LogP contribution is 2.20. The third kappa shape index (κ3) is 2.11. The number of carboxylic acids is 1. The molecule has 0 bridgehead atoms. The molecule has 1 fully saturated rings. The van der Waals surface area contributed by atoms with Crippen molar-refractivity contribution in [3.05, 3.63) is 17.8 Å². The predicted molar refractivity (Wildman–Crippen MR) is 58.4 cm³/mol. The van der Waals surface area contributed by atoms with Gasteiger partial charge in [0.1, 0.15) is 0 Å². The van der Waals surface area contributed by atoms with Crippen molar-refractivity contribution in [2.45, 2.75) is 6.42 Å². The van der Waals surface area contributed by atoms with Crippen molar-refractivity contribution in [1.82, 2.24) is 10.2 Å². The molecule has 0 aliphatic carbocycles. The average molecular weight is 222 g/mol. The van der Waals surface area contributed by atoms with E-state index in [-0.39, 0.29) is 5.69 Å². The Morgan fingerprint density at radius 2 is 2.38 bits per heavy atom. The van der Waals surface area contributed by atoms with Crippen molar-refractivity contribution in [1.29, 1.82) is 0 Å². The Hall–Kier alpha value is -1.69. The molecule has 1 aliphatic heterocycles. The van der Waals surface area contributed by atoms with E-state index in [1.165, 1.54) is 6.07 Å². The van der Waals surface area contributed by atoms with E-state index in [2.05, 4.69) is 15.1 Å². The Bertz CT molecular complexity index is 379. The number of aromatic nitrogens is 2. The molecule has 0 radical (unpaired) electrons. The monoisotopic (exact) mass is 222 g/mol. The Kier molecular flexibility index (Phi) is 3.00. The van der Waals surface area contributed by atoms with Gasteiger partial charge in [0.05, 0.1) is 0 Å². The second kappa shape index (κ2) is 4.44. The first-order chi connectivity index (χ1) is 7.70. The molecule has 6 heteroatoms. The fraction of sp³-hybridized carbons (Fsp3) is 0.500. The van der Waals surface area contributed by atoms with Crippen LogP contribution in [0.15, 0.2) is 12.1 Å². The Balaban J connectivity index is 2.08. The molecule has 1 aromatic rings. The second-order valence-corrected chi connectivity index (χ2v) is 3.92. The fourth-order valence-electron chi connectivity index (χ4n) is 1.84. The van der Waals surface area contributed by atoms with Crippen LogP contribution in [-0.4, -0.2) is 40.9 Å². The summed E-state index contributed by atoms with van der Waals surface area (Å²) in [6, 6.07) is 3.16. The molecule has 86 valence electrons. The van der Waals surface area contributed by atoms with E-state index in [0.29, 0.717) is 12.5 Å². The van der Waals surface area contributed by atoms with Gasteiger partial charge in [0.2, 0.25) is 0 Å². The van der Waals surface area contributed by atoms with Gasteiger partial charge in [0.25, 0.3) is 0 Å². The molecular weight excluding hydrogens is 208 g/mol. The quantitative estimate of drug-likeness (QED) is 0.745. The van der Waals surface area contributed by atoms with E-state index < -0.39 is 5.97 Å². The van der Waals surface area contributed by atoms with Gasteiger partial charge >= 0.3 is 5.97 Å². The standard InChI is InChI=1S/C10H14N4O2/c11-5-7-3-4-14(6-7)9-2-1-8(10(15)16)12-13-9/h1-2,7H,3-6,11H2,(H,15,16). The van der Waals surface area contributed by atoms with Gasteiger partial charge in [-0.3, -0.25) is 0 Å². The Morgan fingerprint density at radius 3 is 2.88 bits per heavy atom. The van der Waals surface area contributed by atoms with E-state index in [9.17, 15) is 4.79 Å². The van der Waals surface area contributed by atoms with Gasteiger partial charge in [0, 0.05) is 13.1 Å². The molecule has 1 aromatic heterocycles. The Labute approximate surface area is 93.1 Å². The molecule has 1 saturated heterocycles. The van der Waals surface area contributed by atoms with Gasteiger partial charge in [-0.25, -0.2) is 4.79 Å². The summed E-state index contributed by atoms with van der Waals surface area (Å²) < 4.78 is 0. The summed E-state index contributed by atoms with van der Waals surface area (Å²) in [5, 5.41) is 16.2. The second-order valence-electron chi connectivity index (χ2n) is 3.92. The highest BCUT2D eigenvalue weighted by Gasteiger charge is 2.22. The van der Waals surface area contributed by atoms with Crippen LogP contribution in [0.25, 0.3) is 0 Å². The molecule has 2 rings (SSSR count). The number of carboxylic acid groups (broad SMARTS) is 1. The summed E-state index contributed by atoms with van der Waals surface area (Å²) in [4.78, 5) is 12.7. The normalized spacial score (nSPS) is 20.1. The fourth-order valence-corrected chi connectivity index (χ4v) is 1.84. The van der Waals surface area contributed by atoms with Crippen LogP contribution in [-0.2, 0) is 0 Å². The number of carbonyl (C=O) groups is 1. The van der Waals surface area contributed by atoms with Gasteiger partial charge in [-0.15, -0.1) is 10.2 Å². The molecule has 6 nitrogen and oxygen atoms in total. The zero-order chi connectivity index (χ0) is 11.5. The van der Waals surface area contributed by atoms with E-state index in [0.717, 1.165) is 25.3 Å². The first kappa shape index (κ1) is 10.8. The van der Waals surface area contributed by atoms with Crippen LogP contribution in [0, 0.1) is 5.92 Å². The zero-order valence-corrected chi connectivity index (χ0v) is 8.83. The topological polar surface area (TPSA) is 92.3 Å². The van der Waals surface area contributed by atoms with Gasteiger partial charge in [-0.1, -0.05) is 0 Å². The van der Waals surface area contributed by atoms with Crippen molar-refractivity contribution in [3.8, 4) is 0 Å². The largest absolute Gasteiger partial charge is 0.476 e. The zero-order valence-electron chi connectivity index (χ0n) is 8.83. The van der Waals surface area contributed by atoms with Crippen LogP contribution in [0.1, 0.15) is 16.9 Å². The van der Waals surface area contributed by atoms with E-state index in [1.807, 2.05) is 0 Å². The minimum absolute atomic E-state index is 0.0293. The molecule has 1 aliphatic rings. The van der Waals surface area contributed by atoms with Crippen molar-refractivity contribution < 1.29 is 9.90 Å². The lowest BCUT2D eigenvalue weighted by Gasteiger charge is -2.16. The first-order valence-electron chi connectivity index (χ1n) is 5.22. The van der Waals surface area contributed by atoms with E-state index >= 15 is 0 Å². The number of hydrogen-bond acceptors (Lipinski definition) is 5. The lowest BCUT2D eigenvalue weighted by Crippen LogP contribution is -2.23. The maximum atomic E-state index is 10.6. The SMILES string of the molecule is NCC1CCN(c2ccc(C(=O)O)nn2)C1. The number of rotatable bonds is 3. The third-order valence-electron chi connectivity index (χ3n) is 2.81. The summed E-state index contributed by atoms with van der Waals surface area (Å²) in [7, 11) is 0. The smallest absolute Gasteiger partial charge is 0.356 e. The van der Waals surface area contributed by atoms with Gasteiger partial charge in [-0.05, 0) is 31.0 Å². The molecule has 3 N–H and O–H groups in total. The van der Waals surface area contributed by atoms with Crippen molar-refractivity contribution >= 4 is 11.8 Å². The average Bonchev–Trinajstić information content (AvgIpc) is 2.77. The number of anilines is 1. The predicted octanol–water partition coefficient (Wildman–Crippen LogP) is -0.0402. The highest BCUT2D eigenvalue weighted by atomic mass is 16.4. The summed E-state index contributed by atoms with van der Waals surface area (Å²) >= 11 is 0. The lowest BCUT2D eigenvalue weighted by atomic mass is 10.1. The molecule has 0 saturated carbocycles. The summed E-state index contributed by atoms with van der Waals surface area (Å²) in [6.45, 7) is 2.46. The molecule has 2 heterocycles. The van der Waals surface area contributed by atoms with E-state index in [4.69, 9.17) is 10.8 Å². The van der Waals surface area contributed by atoms with Crippen LogP contribution in [0.3, 0.4) is 0 Å². The summed E-state index contributed by atoms with van der Waals surface area (Å²) in [5.41, 5.74) is 5.57. The van der Waals surface area contributed by atoms with Crippen molar-refractivity contribution in [3.63, 3.8) is 0 Å². The van der Waals surface area contributed by atoms with Crippen LogP contribution >= 0.6 is 0 Å². The molecule has 0 aromatic carbocycles. The molecular formula is C10H14N4O2. The van der Waals surface area contributed by atoms with Crippen LogP contribution in [0.5, 0.6) is 0 Å². The summed E-state index contributed by atoms with van der Waals surface area (Å²) in [5.74, 6) is 0.169. The number of hydrogen-bond donors (Lipinski definition) is 2. The highest BCUT2D eigenvalue weighted by molar-refractivity contribution is 5.85. The Morgan fingerprint density at radius 1 is 1.56 bits per heavy atom. The van der Waals surface area contributed by atoms with Gasteiger partial charge in [0.15, 0.2) is 11.5 Å². The molecule has 1 atom stereocenters. The molecule has 0 amide bonds. The number of nitrogens with zero attached hydrogens (tertiary/aromatic N) is 3. The molecule has 0 spiro atoms. The van der Waals surface area contributed by atoms with Crippen LogP contribution < -0.4 is 10.6 Å². The lowest BCUT2D eigenvalue weighted by molar-refractivity contribution is 0.0689. The third-order valence-corrected chi connectivity index (χ3v) is 2.81. The van der Waals surface area contributed by atoms with Gasteiger partial charge in [-0.2, -0.15) is 0 Å². The summed E-state index contributed by atoms with van der Waals surface area (Å²) in [6.07, 6.45) is 1.05. The number of aromatic carboxylic acids is 1. The minimum atomic E-state index is -1.06.